The maximum atomic E-state index is 8.79. The number of nitrogens with one attached hydrogen (secondary N) is 3. The number of nitrogens with zero attached hydrogens (tertiary/aromatic N) is 3. The van der Waals surface area contributed by atoms with E-state index in [0.717, 1.165) is 5.69 Å². The van der Waals surface area contributed by atoms with Crippen molar-refractivity contribution in [2.45, 2.75) is 6.92 Å². The lowest BCUT2D eigenvalue weighted by Gasteiger charge is -2.09. The fourth-order valence-electron chi connectivity index (χ4n) is 1.51. The van der Waals surface area contributed by atoms with Crippen LogP contribution in [0.1, 0.15) is 5.56 Å². The molecule has 0 saturated heterocycles. The van der Waals surface area contributed by atoms with Gasteiger partial charge in [0.05, 0.1) is 6.61 Å². The van der Waals surface area contributed by atoms with Crippen molar-refractivity contribution >= 4 is 23.5 Å². The third-order valence-corrected chi connectivity index (χ3v) is 2.47. The highest BCUT2D eigenvalue weighted by Gasteiger charge is 2.05. The molecule has 0 aliphatic heterocycles. The molecule has 0 fully saturated rings. The van der Waals surface area contributed by atoms with E-state index in [1.807, 2.05) is 31.2 Å². The second-order valence-corrected chi connectivity index (χ2v) is 4.09. The molecule has 0 unspecified atom stereocenters. The predicted molar refractivity (Wildman–Crippen MR) is 77.7 cm³/mol. The van der Waals surface area contributed by atoms with Crippen molar-refractivity contribution in [3.05, 3.63) is 29.8 Å². The second kappa shape index (κ2) is 6.64. The number of aryl methyl sites for hydroxylation is 1. The van der Waals surface area contributed by atoms with E-state index >= 15 is 0 Å². The minimum absolute atomic E-state index is 0.0161. The van der Waals surface area contributed by atoms with Gasteiger partial charge < -0.3 is 15.7 Å². The lowest BCUT2D eigenvalue weighted by molar-refractivity contribution is 0.311. The third-order valence-electron chi connectivity index (χ3n) is 2.47. The molecular weight excluding hydrogens is 258 g/mol. The largest absolute Gasteiger partial charge is 0.395 e. The number of benzene rings is 1. The molecule has 6 N–H and O–H groups in total. The lowest BCUT2D eigenvalue weighted by atomic mass is 10.2. The van der Waals surface area contributed by atoms with Crippen LogP contribution in [0, 0.1) is 6.92 Å². The fraction of sp³-hybridized carbons (Fsp3) is 0.250. The summed E-state index contributed by atoms with van der Waals surface area (Å²) in [6.45, 7) is 2.34. The Kier molecular flexibility index (Phi) is 4.64. The topological polar surface area (TPSA) is 121 Å². The van der Waals surface area contributed by atoms with Gasteiger partial charge in [0, 0.05) is 12.2 Å². The van der Waals surface area contributed by atoms with Crippen molar-refractivity contribution < 1.29 is 5.11 Å². The van der Waals surface area contributed by atoms with Crippen LogP contribution in [0.2, 0.25) is 0 Å². The Balaban J connectivity index is 2.19. The maximum absolute atomic E-state index is 8.79. The van der Waals surface area contributed by atoms with Crippen LogP contribution in [0.25, 0.3) is 0 Å². The van der Waals surface area contributed by atoms with Crippen LogP contribution >= 0.6 is 0 Å². The van der Waals surface area contributed by atoms with Gasteiger partial charge in [0.2, 0.25) is 17.8 Å². The Labute approximate surface area is 116 Å². The number of rotatable bonds is 6. The average Bonchev–Trinajstić information content (AvgIpc) is 2.47. The zero-order valence-corrected chi connectivity index (χ0v) is 11.1. The van der Waals surface area contributed by atoms with Crippen molar-refractivity contribution in [2.75, 3.05) is 29.2 Å². The molecule has 8 nitrogen and oxygen atoms in total. The van der Waals surface area contributed by atoms with Gasteiger partial charge in [-0.3, -0.25) is 5.43 Å². The Morgan fingerprint density at radius 3 is 2.35 bits per heavy atom. The van der Waals surface area contributed by atoms with E-state index in [1.165, 1.54) is 5.56 Å². The van der Waals surface area contributed by atoms with E-state index in [-0.39, 0.29) is 12.6 Å². The SMILES string of the molecule is Cc1ccc(Nc2nc(NN)nc(NCCO)n2)cc1. The Morgan fingerprint density at radius 1 is 1.05 bits per heavy atom. The number of nitrogen functional groups attached to an aromatic ring is 1. The van der Waals surface area contributed by atoms with Gasteiger partial charge in [-0.25, -0.2) is 5.84 Å². The van der Waals surface area contributed by atoms with Crippen molar-refractivity contribution in [3.63, 3.8) is 0 Å². The van der Waals surface area contributed by atoms with Gasteiger partial charge in [-0.2, -0.15) is 15.0 Å². The normalized spacial score (nSPS) is 10.2. The number of aromatic nitrogens is 3. The first-order valence-electron chi connectivity index (χ1n) is 6.12. The van der Waals surface area contributed by atoms with Crippen LogP contribution in [-0.2, 0) is 0 Å². The van der Waals surface area contributed by atoms with Crippen LogP contribution in [0.5, 0.6) is 0 Å². The molecule has 0 amide bonds. The maximum Gasteiger partial charge on any atom is 0.243 e. The molecule has 1 aromatic carbocycles. The number of hydrogen-bond acceptors (Lipinski definition) is 8. The summed E-state index contributed by atoms with van der Waals surface area (Å²) in [5, 5.41) is 14.7. The third kappa shape index (κ3) is 3.77. The summed E-state index contributed by atoms with van der Waals surface area (Å²) < 4.78 is 0. The Bertz CT molecular complexity index is 558. The van der Waals surface area contributed by atoms with Crippen LogP contribution in [0.3, 0.4) is 0 Å². The zero-order chi connectivity index (χ0) is 14.4. The van der Waals surface area contributed by atoms with E-state index in [1.54, 1.807) is 0 Å². The smallest absolute Gasteiger partial charge is 0.243 e. The molecule has 0 bridgehead atoms. The number of aliphatic hydroxyl groups excluding tert-OH is 1. The highest BCUT2D eigenvalue weighted by atomic mass is 16.3. The summed E-state index contributed by atoms with van der Waals surface area (Å²) in [6.07, 6.45) is 0. The summed E-state index contributed by atoms with van der Waals surface area (Å²) in [5.74, 6) is 6.24. The first-order chi connectivity index (χ1) is 9.71. The van der Waals surface area contributed by atoms with Gasteiger partial charge in [0.25, 0.3) is 0 Å². The highest BCUT2D eigenvalue weighted by molar-refractivity contribution is 5.55. The van der Waals surface area contributed by atoms with Gasteiger partial charge in [-0.15, -0.1) is 0 Å². The molecule has 1 heterocycles. The average molecular weight is 275 g/mol. The molecular formula is C12H17N7O. The van der Waals surface area contributed by atoms with E-state index < -0.39 is 0 Å². The summed E-state index contributed by atoms with van der Waals surface area (Å²) in [4.78, 5) is 12.3. The molecule has 2 rings (SSSR count). The van der Waals surface area contributed by atoms with Crippen LogP contribution in [0.15, 0.2) is 24.3 Å². The van der Waals surface area contributed by atoms with E-state index in [9.17, 15) is 0 Å². The van der Waals surface area contributed by atoms with Gasteiger partial charge >= 0.3 is 0 Å². The monoisotopic (exact) mass is 275 g/mol. The number of hydrogen-bond donors (Lipinski definition) is 5. The molecule has 0 aliphatic rings. The zero-order valence-electron chi connectivity index (χ0n) is 11.1. The molecule has 0 atom stereocenters. The van der Waals surface area contributed by atoms with E-state index in [4.69, 9.17) is 10.9 Å². The Morgan fingerprint density at radius 2 is 1.70 bits per heavy atom. The first kappa shape index (κ1) is 14.0. The predicted octanol–water partition coefficient (Wildman–Crippen LogP) is 0.613. The summed E-state index contributed by atoms with van der Waals surface area (Å²) in [5.41, 5.74) is 4.40. The van der Waals surface area contributed by atoms with Crippen LogP contribution in [-0.4, -0.2) is 33.2 Å². The molecule has 1 aromatic heterocycles. The minimum atomic E-state index is -0.0161. The fourth-order valence-corrected chi connectivity index (χ4v) is 1.51. The molecule has 2 aromatic rings. The quantitative estimate of drug-likeness (QED) is 0.384. The minimum Gasteiger partial charge on any atom is -0.395 e. The highest BCUT2D eigenvalue weighted by Crippen LogP contribution is 2.15. The van der Waals surface area contributed by atoms with E-state index in [2.05, 4.69) is 31.0 Å². The Hall–Kier alpha value is -2.45. The second-order valence-electron chi connectivity index (χ2n) is 4.09. The standard InChI is InChI=1S/C12H17N7O/c1-8-2-4-9(5-3-8)15-11-16-10(14-6-7-20)17-12(18-11)19-13/h2-5,20H,6-7,13H2,1H3,(H3,14,15,16,17,18,19). The molecule has 20 heavy (non-hydrogen) atoms. The van der Waals surface area contributed by atoms with Crippen molar-refractivity contribution in [1.82, 2.24) is 15.0 Å². The van der Waals surface area contributed by atoms with Crippen molar-refractivity contribution in [3.8, 4) is 0 Å². The van der Waals surface area contributed by atoms with Crippen molar-refractivity contribution in [1.29, 1.82) is 0 Å². The van der Waals surface area contributed by atoms with Crippen LogP contribution in [0.4, 0.5) is 23.5 Å². The van der Waals surface area contributed by atoms with Gasteiger partial charge in [-0.05, 0) is 19.1 Å². The van der Waals surface area contributed by atoms with Gasteiger partial charge in [0.15, 0.2) is 0 Å². The lowest BCUT2D eigenvalue weighted by Crippen LogP contribution is -2.16. The summed E-state index contributed by atoms with van der Waals surface area (Å²) in [7, 11) is 0. The van der Waals surface area contributed by atoms with Crippen LogP contribution < -0.4 is 21.9 Å². The first-order valence-corrected chi connectivity index (χ1v) is 6.12. The summed E-state index contributed by atoms with van der Waals surface area (Å²) >= 11 is 0. The molecule has 0 spiro atoms. The number of hydrazine groups is 1. The number of aliphatic hydroxyl groups is 1. The number of anilines is 4. The molecule has 106 valence electrons. The van der Waals surface area contributed by atoms with E-state index in [0.29, 0.717) is 18.4 Å². The van der Waals surface area contributed by atoms with Crippen molar-refractivity contribution in [2.24, 2.45) is 5.84 Å². The summed E-state index contributed by atoms with van der Waals surface area (Å²) in [6, 6.07) is 7.82. The van der Waals surface area contributed by atoms with Gasteiger partial charge in [0.1, 0.15) is 0 Å². The molecule has 0 aliphatic carbocycles. The molecule has 0 saturated carbocycles. The molecule has 0 radical (unpaired) electrons. The number of nitrogens with two attached hydrogens (primary N) is 1. The van der Waals surface area contributed by atoms with Gasteiger partial charge in [-0.1, -0.05) is 17.7 Å². The molecule has 8 heteroatoms.